The Bertz CT molecular complexity index is 613. The monoisotopic (exact) mass is 315 g/mol. The van der Waals surface area contributed by atoms with Crippen molar-refractivity contribution in [2.45, 2.75) is 19.1 Å². The summed E-state index contributed by atoms with van der Waals surface area (Å²) in [5.41, 5.74) is 1.56. The van der Waals surface area contributed by atoms with E-state index in [1.807, 2.05) is 42.5 Å². The van der Waals surface area contributed by atoms with Gasteiger partial charge in [0.2, 0.25) is 0 Å². The number of anilines is 1. The summed E-state index contributed by atoms with van der Waals surface area (Å²) >= 11 is 0. The van der Waals surface area contributed by atoms with Crippen molar-refractivity contribution in [2.24, 2.45) is 0 Å². The summed E-state index contributed by atoms with van der Waals surface area (Å²) in [6.45, 7) is 1.92. The highest BCUT2D eigenvalue weighted by Gasteiger charge is 2.28. The fraction of sp³-hybridized carbons (Fsp3) is 0.278. The highest BCUT2D eigenvalue weighted by molar-refractivity contribution is 5.76. The fourth-order valence-electron chi connectivity index (χ4n) is 2.23. The van der Waals surface area contributed by atoms with E-state index in [0.29, 0.717) is 5.75 Å². The first-order valence-electron chi connectivity index (χ1n) is 7.46. The van der Waals surface area contributed by atoms with Gasteiger partial charge in [-0.05, 0) is 36.8 Å². The maximum Gasteiger partial charge on any atom is 0.337 e. The van der Waals surface area contributed by atoms with E-state index in [-0.39, 0.29) is 6.61 Å². The molecule has 0 bridgehead atoms. The van der Waals surface area contributed by atoms with Crippen LogP contribution >= 0.6 is 0 Å². The molecule has 2 aromatic carbocycles. The number of hydrogen-bond donors (Lipinski definition) is 2. The minimum absolute atomic E-state index is 0.219. The summed E-state index contributed by atoms with van der Waals surface area (Å²) in [4.78, 5) is 11.9. The van der Waals surface area contributed by atoms with Crippen LogP contribution in [0.2, 0.25) is 0 Å². The Balaban J connectivity index is 2.27. The van der Waals surface area contributed by atoms with E-state index >= 15 is 0 Å². The Labute approximate surface area is 135 Å². The number of carbonyl (C=O) groups excluding carboxylic acids is 1. The molecule has 0 radical (unpaired) electrons. The van der Waals surface area contributed by atoms with E-state index in [2.05, 4.69) is 5.32 Å². The second-order valence-electron chi connectivity index (χ2n) is 4.96. The number of ether oxygens (including phenoxy) is 2. The molecular formula is C18H21NO4. The number of aliphatic hydroxyl groups excluding tert-OH is 1. The Morgan fingerprint density at radius 1 is 1.13 bits per heavy atom. The van der Waals surface area contributed by atoms with Crippen LogP contribution in [0.3, 0.4) is 0 Å². The van der Waals surface area contributed by atoms with Crippen molar-refractivity contribution in [2.75, 3.05) is 19.0 Å². The van der Waals surface area contributed by atoms with Crippen molar-refractivity contribution in [3.05, 3.63) is 60.2 Å². The lowest BCUT2D eigenvalue weighted by molar-refractivity contribution is -0.153. The number of nitrogens with one attached hydrogen (secondary N) is 1. The molecule has 0 saturated heterocycles. The summed E-state index contributed by atoms with van der Waals surface area (Å²) in [5, 5.41) is 13.6. The van der Waals surface area contributed by atoms with Crippen LogP contribution in [0, 0.1) is 0 Å². The van der Waals surface area contributed by atoms with Crippen molar-refractivity contribution in [1.82, 2.24) is 0 Å². The van der Waals surface area contributed by atoms with E-state index in [1.54, 1.807) is 26.2 Å². The predicted octanol–water partition coefficient (Wildman–Crippen LogP) is 2.77. The topological polar surface area (TPSA) is 67.8 Å². The Hall–Kier alpha value is -2.53. The molecule has 0 saturated carbocycles. The van der Waals surface area contributed by atoms with E-state index in [1.165, 1.54) is 0 Å². The van der Waals surface area contributed by atoms with Crippen molar-refractivity contribution < 1.29 is 19.4 Å². The third-order valence-electron chi connectivity index (χ3n) is 3.41. The lowest BCUT2D eigenvalue weighted by Gasteiger charge is -2.24. The smallest absolute Gasteiger partial charge is 0.337 e. The zero-order chi connectivity index (χ0) is 16.7. The number of hydrogen-bond acceptors (Lipinski definition) is 5. The van der Waals surface area contributed by atoms with Gasteiger partial charge in [0, 0.05) is 5.69 Å². The van der Waals surface area contributed by atoms with Crippen LogP contribution < -0.4 is 10.1 Å². The fourth-order valence-corrected chi connectivity index (χ4v) is 2.23. The second-order valence-corrected chi connectivity index (χ2v) is 4.96. The average Bonchev–Trinajstić information content (AvgIpc) is 2.60. The van der Waals surface area contributed by atoms with Crippen LogP contribution in [-0.2, 0) is 9.53 Å². The molecule has 0 spiro atoms. The zero-order valence-corrected chi connectivity index (χ0v) is 13.2. The van der Waals surface area contributed by atoms with Gasteiger partial charge in [-0.1, -0.05) is 30.3 Å². The van der Waals surface area contributed by atoms with Crippen LogP contribution in [0.25, 0.3) is 0 Å². The minimum Gasteiger partial charge on any atom is -0.497 e. The largest absolute Gasteiger partial charge is 0.497 e. The summed E-state index contributed by atoms with van der Waals surface area (Å²) < 4.78 is 10.1. The number of benzene rings is 2. The van der Waals surface area contributed by atoms with Gasteiger partial charge in [0.05, 0.1) is 19.8 Å². The molecule has 2 aromatic rings. The van der Waals surface area contributed by atoms with Gasteiger partial charge in [-0.15, -0.1) is 0 Å². The summed E-state index contributed by atoms with van der Waals surface area (Å²) in [6, 6.07) is 16.0. The van der Waals surface area contributed by atoms with E-state index in [9.17, 15) is 9.90 Å². The van der Waals surface area contributed by atoms with Crippen molar-refractivity contribution in [3.8, 4) is 5.75 Å². The summed E-state index contributed by atoms with van der Waals surface area (Å²) in [7, 11) is 1.59. The molecular weight excluding hydrogens is 294 g/mol. The molecule has 0 amide bonds. The molecule has 5 heteroatoms. The van der Waals surface area contributed by atoms with E-state index < -0.39 is 18.1 Å². The minimum atomic E-state index is -1.32. The molecule has 0 heterocycles. The molecule has 2 atom stereocenters. The first kappa shape index (κ1) is 16.8. The molecule has 0 aliphatic heterocycles. The van der Waals surface area contributed by atoms with Gasteiger partial charge in [0.1, 0.15) is 5.75 Å². The van der Waals surface area contributed by atoms with Crippen LogP contribution in [0.1, 0.15) is 18.5 Å². The van der Waals surface area contributed by atoms with Gasteiger partial charge in [-0.3, -0.25) is 0 Å². The molecule has 0 aromatic heterocycles. The number of esters is 1. The molecule has 0 fully saturated rings. The maximum absolute atomic E-state index is 11.9. The Morgan fingerprint density at radius 3 is 2.35 bits per heavy atom. The second kappa shape index (κ2) is 8.19. The SMILES string of the molecule is CCOC(=O)C(O)C(Nc1ccccc1)c1ccc(OC)cc1. The third kappa shape index (κ3) is 4.47. The van der Waals surface area contributed by atoms with E-state index in [4.69, 9.17) is 9.47 Å². The van der Waals surface area contributed by atoms with Gasteiger partial charge in [0.15, 0.2) is 6.10 Å². The van der Waals surface area contributed by atoms with Crippen molar-refractivity contribution >= 4 is 11.7 Å². The van der Waals surface area contributed by atoms with Crippen molar-refractivity contribution in [3.63, 3.8) is 0 Å². The predicted molar refractivity (Wildman–Crippen MR) is 88.4 cm³/mol. The van der Waals surface area contributed by atoms with Gasteiger partial charge in [-0.2, -0.15) is 0 Å². The molecule has 2 N–H and O–H groups in total. The number of methoxy groups -OCH3 is 1. The van der Waals surface area contributed by atoms with Gasteiger partial charge in [0.25, 0.3) is 0 Å². The molecule has 2 unspecified atom stereocenters. The molecule has 23 heavy (non-hydrogen) atoms. The normalized spacial score (nSPS) is 13.0. The Kier molecular flexibility index (Phi) is 6.00. The number of para-hydroxylation sites is 1. The van der Waals surface area contributed by atoms with Gasteiger partial charge in [-0.25, -0.2) is 4.79 Å². The first-order valence-corrected chi connectivity index (χ1v) is 7.46. The highest BCUT2D eigenvalue weighted by Crippen LogP contribution is 2.25. The molecule has 5 nitrogen and oxygen atoms in total. The first-order chi connectivity index (χ1) is 11.2. The van der Waals surface area contributed by atoms with Crippen molar-refractivity contribution in [1.29, 1.82) is 0 Å². The maximum atomic E-state index is 11.9. The summed E-state index contributed by atoms with van der Waals surface area (Å²) in [5.74, 6) is 0.0505. The molecule has 0 aliphatic carbocycles. The van der Waals surface area contributed by atoms with Crippen LogP contribution in [0.15, 0.2) is 54.6 Å². The number of aliphatic hydroxyl groups is 1. The zero-order valence-electron chi connectivity index (χ0n) is 13.2. The summed E-state index contributed by atoms with van der Waals surface area (Å²) in [6.07, 6.45) is -1.32. The standard InChI is InChI=1S/C18H21NO4/c1-3-23-18(21)17(20)16(19-14-7-5-4-6-8-14)13-9-11-15(22-2)12-10-13/h4-12,16-17,19-20H,3H2,1-2H3. The van der Waals surface area contributed by atoms with Gasteiger partial charge < -0.3 is 19.9 Å². The molecule has 2 rings (SSSR count). The molecule has 122 valence electrons. The van der Waals surface area contributed by atoms with Gasteiger partial charge >= 0.3 is 5.97 Å². The van der Waals surface area contributed by atoms with Crippen LogP contribution in [0.4, 0.5) is 5.69 Å². The Morgan fingerprint density at radius 2 is 1.78 bits per heavy atom. The lowest BCUT2D eigenvalue weighted by atomic mass is 10.0. The lowest BCUT2D eigenvalue weighted by Crippen LogP contribution is -2.34. The number of carbonyl (C=O) groups is 1. The van der Waals surface area contributed by atoms with Crippen LogP contribution in [-0.4, -0.2) is 30.9 Å². The van der Waals surface area contributed by atoms with Crippen LogP contribution in [0.5, 0.6) is 5.75 Å². The molecule has 0 aliphatic rings. The third-order valence-corrected chi connectivity index (χ3v) is 3.41. The highest BCUT2D eigenvalue weighted by atomic mass is 16.5. The van der Waals surface area contributed by atoms with E-state index in [0.717, 1.165) is 11.3 Å². The quantitative estimate of drug-likeness (QED) is 0.769. The number of rotatable bonds is 7. The average molecular weight is 315 g/mol.